The van der Waals surface area contributed by atoms with E-state index in [4.69, 9.17) is 40.4 Å². The molecular formula is C20H37ClO8. The molecule has 172 valence electrons. The van der Waals surface area contributed by atoms with Crippen molar-refractivity contribution in [2.75, 3.05) is 26.4 Å². The summed E-state index contributed by atoms with van der Waals surface area (Å²) in [5.41, 5.74) is 0. The molecule has 0 spiro atoms. The zero-order valence-corrected chi connectivity index (χ0v) is 19.3. The lowest BCUT2D eigenvalue weighted by atomic mass is 10.3. The van der Waals surface area contributed by atoms with Gasteiger partial charge >= 0.3 is 5.97 Å². The highest BCUT2D eigenvalue weighted by Crippen LogP contribution is 2.22. The normalized spacial score (nSPS) is 24.0. The third kappa shape index (κ3) is 14.8. The van der Waals surface area contributed by atoms with Crippen LogP contribution in [0.4, 0.5) is 0 Å². The molecular weight excluding hydrogens is 404 g/mol. The van der Waals surface area contributed by atoms with Crippen LogP contribution in [0.3, 0.4) is 0 Å². The van der Waals surface area contributed by atoms with Crippen molar-refractivity contribution >= 4 is 22.8 Å². The molecule has 9 heteroatoms. The van der Waals surface area contributed by atoms with E-state index in [2.05, 4.69) is 0 Å². The highest BCUT2D eigenvalue weighted by atomic mass is 35.5. The third-order valence-electron chi connectivity index (χ3n) is 3.67. The summed E-state index contributed by atoms with van der Waals surface area (Å²) in [6.07, 6.45) is 2.39. The lowest BCUT2D eigenvalue weighted by Gasteiger charge is -2.16. The van der Waals surface area contributed by atoms with Crippen molar-refractivity contribution in [3.63, 3.8) is 0 Å². The molecule has 0 radical (unpaired) electrons. The van der Waals surface area contributed by atoms with E-state index in [0.29, 0.717) is 32.7 Å². The third-order valence-corrected chi connectivity index (χ3v) is 3.86. The molecule has 0 amide bonds. The summed E-state index contributed by atoms with van der Waals surface area (Å²) in [4.78, 5) is 20.9. The van der Waals surface area contributed by atoms with E-state index in [9.17, 15) is 9.59 Å². The molecule has 0 saturated carbocycles. The second-order valence-electron chi connectivity index (χ2n) is 7.62. The molecule has 8 nitrogen and oxygen atoms in total. The van der Waals surface area contributed by atoms with Crippen LogP contribution in [0.25, 0.3) is 0 Å². The average molecular weight is 441 g/mol. The summed E-state index contributed by atoms with van der Waals surface area (Å²) in [6, 6.07) is 0. The van der Waals surface area contributed by atoms with Crippen molar-refractivity contribution in [3.8, 4) is 0 Å². The van der Waals surface area contributed by atoms with Crippen molar-refractivity contribution in [2.24, 2.45) is 0 Å². The van der Waals surface area contributed by atoms with Crippen LogP contribution >= 0.6 is 11.6 Å². The first-order valence-corrected chi connectivity index (χ1v) is 10.4. The van der Waals surface area contributed by atoms with Gasteiger partial charge in [0.1, 0.15) is 18.8 Å². The summed E-state index contributed by atoms with van der Waals surface area (Å²) in [7, 11) is 0. The van der Waals surface area contributed by atoms with E-state index in [0.717, 1.165) is 12.8 Å². The van der Waals surface area contributed by atoms with Gasteiger partial charge in [-0.3, -0.25) is 9.59 Å². The van der Waals surface area contributed by atoms with Crippen LogP contribution in [0.1, 0.15) is 67.2 Å². The Morgan fingerprint density at radius 3 is 1.72 bits per heavy atom. The first-order chi connectivity index (χ1) is 13.4. The Hall–Kier alpha value is -0.770. The molecule has 2 aliphatic heterocycles. The van der Waals surface area contributed by atoms with E-state index < -0.39 is 11.6 Å². The minimum absolute atomic E-state index is 0.0451. The Morgan fingerprint density at radius 2 is 1.45 bits per heavy atom. The number of rotatable bonds is 7. The van der Waals surface area contributed by atoms with Gasteiger partial charge in [0.05, 0.1) is 19.8 Å². The van der Waals surface area contributed by atoms with Crippen LogP contribution < -0.4 is 0 Å². The van der Waals surface area contributed by atoms with Gasteiger partial charge in [0.2, 0.25) is 5.24 Å². The second-order valence-corrected chi connectivity index (χ2v) is 8.04. The van der Waals surface area contributed by atoms with Crippen molar-refractivity contribution in [3.05, 3.63) is 0 Å². The van der Waals surface area contributed by atoms with Crippen LogP contribution in [-0.4, -0.2) is 66.5 Å². The van der Waals surface area contributed by atoms with Crippen LogP contribution in [0.5, 0.6) is 0 Å². The largest absolute Gasteiger partial charge is 0.463 e. The highest BCUT2D eigenvalue weighted by Gasteiger charge is 2.33. The van der Waals surface area contributed by atoms with Gasteiger partial charge in [-0.1, -0.05) is 13.8 Å². The van der Waals surface area contributed by atoms with E-state index in [-0.39, 0.29) is 30.0 Å². The number of hydrogen-bond donors (Lipinski definition) is 1. The number of aliphatic hydroxyl groups is 1. The van der Waals surface area contributed by atoms with Crippen LogP contribution in [-0.2, 0) is 33.3 Å². The summed E-state index contributed by atoms with van der Waals surface area (Å²) in [5, 5.41) is 8.35. The summed E-state index contributed by atoms with van der Waals surface area (Å²) in [6.45, 7) is 12.6. The highest BCUT2D eigenvalue weighted by molar-refractivity contribution is 6.63. The summed E-state index contributed by atoms with van der Waals surface area (Å²) in [5.74, 6) is -1.20. The number of carbonyl (C=O) groups is 2. The quantitative estimate of drug-likeness (QED) is 0.476. The van der Waals surface area contributed by atoms with E-state index in [1.54, 1.807) is 0 Å². The maximum absolute atomic E-state index is 11.0. The maximum atomic E-state index is 11.0. The van der Waals surface area contributed by atoms with E-state index in [1.807, 2.05) is 41.5 Å². The lowest BCUT2D eigenvalue weighted by Crippen LogP contribution is -2.25. The Kier molecular flexibility index (Phi) is 13.9. The van der Waals surface area contributed by atoms with Gasteiger partial charge < -0.3 is 28.8 Å². The van der Waals surface area contributed by atoms with Gasteiger partial charge in [-0.2, -0.15) is 0 Å². The van der Waals surface area contributed by atoms with Crippen LogP contribution in [0, 0.1) is 0 Å². The number of hydrogen-bond acceptors (Lipinski definition) is 8. The fourth-order valence-corrected chi connectivity index (χ4v) is 2.55. The monoisotopic (exact) mass is 440 g/mol. The molecule has 0 aromatic rings. The zero-order valence-electron chi connectivity index (χ0n) is 18.5. The van der Waals surface area contributed by atoms with Gasteiger partial charge in [-0.25, -0.2) is 0 Å². The minimum Gasteiger partial charge on any atom is -0.463 e. The van der Waals surface area contributed by atoms with Gasteiger partial charge in [0, 0.05) is 12.8 Å². The van der Waals surface area contributed by atoms with Gasteiger partial charge in [0.15, 0.2) is 11.6 Å². The number of halogens is 1. The zero-order chi connectivity index (χ0) is 22.5. The first-order valence-electron chi connectivity index (χ1n) is 10.0. The molecule has 2 fully saturated rings. The molecule has 0 aromatic heterocycles. The fraction of sp³-hybridized carbons (Fsp3) is 0.900. The molecule has 1 N–H and O–H groups in total. The first kappa shape index (κ1) is 28.2. The van der Waals surface area contributed by atoms with Gasteiger partial charge in [-0.05, 0) is 52.1 Å². The van der Waals surface area contributed by atoms with Gasteiger partial charge in [-0.15, -0.1) is 0 Å². The molecule has 0 aliphatic carbocycles. The number of esters is 1. The summed E-state index contributed by atoms with van der Waals surface area (Å²) >= 11 is 4.94. The molecule has 2 atom stereocenters. The average Bonchev–Trinajstić information content (AvgIpc) is 3.15. The van der Waals surface area contributed by atoms with Crippen molar-refractivity contribution in [1.82, 2.24) is 0 Å². The second kappa shape index (κ2) is 14.3. The molecule has 2 saturated heterocycles. The minimum atomic E-state index is -0.540. The topological polar surface area (TPSA) is 101 Å². The maximum Gasteiger partial charge on any atom is 0.305 e. The van der Waals surface area contributed by atoms with E-state index in [1.165, 1.54) is 0 Å². The molecule has 0 aromatic carbocycles. The van der Waals surface area contributed by atoms with Crippen LogP contribution in [0.15, 0.2) is 0 Å². The Morgan fingerprint density at radius 1 is 0.966 bits per heavy atom. The van der Waals surface area contributed by atoms with Crippen molar-refractivity contribution < 1.29 is 38.4 Å². The number of aliphatic hydroxyl groups excluding tert-OH is 1. The predicted octanol–water partition coefficient (Wildman–Crippen LogP) is 3.16. The molecule has 2 heterocycles. The van der Waals surface area contributed by atoms with Crippen LogP contribution in [0.2, 0.25) is 0 Å². The molecule has 29 heavy (non-hydrogen) atoms. The van der Waals surface area contributed by atoms with Crippen molar-refractivity contribution in [1.29, 1.82) is 0 Å². The smallest absolute Gasteiger partial charge is 0.305 e. The molecule has 2 aliphatic rings. The Bertz CT molecular complexity index is 481. The standard InChI is InChI=1S/C10H18O4.C6H12O3.C4H7ClO/c1-4-5-9(11)12-6-8-7-13-10(2,3)14-8;1-6(2)8-4-5(3-7)9-6;1-2-3-4(5)6/h8H,4-7H2,1-3H3;5,7H,3-4H2,1-2H3;2-3H2,1H3. The summed E-state index contributed by atoms with van der Waals surface area (Å²) < 4.78 is 26.2. The SMILES string of the molecule is CC1(C)OCC(CO)O1.CCCC(=O)Cl.CCCC(=O)OCC1COC(C)(C)O1. The van der Waals surface area contributed by atoms with Crippen molar-refractivity contribution in [2.45, 2.75) is 91.0 Å². The van der Waals surface area contributed by atoms with E-state index >= 15 is 0 Å². The number of ether oxygens (including phenoxy) is 5. The fourth-order valence-electron chi connectivity index (χ4n) is 2.36. The Labute approximate surface area is 179 Å². The molecule has 2 rings (SSSR count). The Balaban J connectivity index is 0.000000448. The molecule has 2 unspecified atom stereocenters. The lowest BCUT2D eigenvalue weighted by molar-refractivity contribution is -0.158. The van der Waals surface area contributed by atoms with Gasteiger partial charge in [0.25, 0.3) is 0 Å². The number of carbonyl (C=O) groups excluding carboxylic acids is 2. The predicted molar refractivity (Wildman–Crippen MR) is 109 cm³/mol. The molecule has 0 bridgehead atoms.